The van der Waals surface area contributed by atoms with Crippen molar-refractivity contribution in [1.82, 2.24) is 4.98 Å². The van der Waals surface area contributed by atoms with Gasteiger partial charge in [-0.15, -0.1) is 0 Å². The first kappa shape index (κ1) is 17.6. The van der Waals surface area contributed by atoms with E-state index in [-0.39, 0.29) is 6.15 Å². The molecule has 0 amide bonds. The van der Waals surface area contributed by atoms with Crippen LogP contribution in [0.15, 0.2) is 34.9 Å². The van der Waals surface area contributed by atoms with Gasteiger partial charge in [-0.2, -0.15) is 9.59 Å². The number of benzene rings is 1. The van der Waals surface area contributed by atoms with Crippen LogP contribution in [0.4, 0.5) is 5.69 Å². The second-order valence-electron chi connectivity index (χ2n) is 4.20. The van der Waals surface area contributed by atoms with Gasteiger partial charge in [0.2, 0.25) is 0 Å². The van der Waals surface area contributed by atoms with Crippen LogP contribution in [0, 0.1) is 6.92 Å². The van der Waals surface area contributed by atoms with Crippen LogP contribution in [0.3, 0.4) is 0 Å². The molecule has 0 saturated carbocycles. The number of nitrogens with two attached hydrogens (primary N) is 1. The Morgan fingerprint density at radius 1 is 1.27 bits per heavy atom. The quantitative estimate of drug-likeness (QED) is 0.649. The molecule has 0 bridgehead atoms. The molecule has 0 fully saturated rings. The monoisotopic (exact) mass is 364 g/mol. The van der Waals surface area contributed by atoms with Crippen LogP contribution in [-0.4, -0.2) is 24.2 Å². The molecule has 0 aliphatic rings. The maximum Gasteiger partial charge on any atom is 0.373 e. The first-order valence-electron chi connectivity index (χ1n) is 6.05. The Morgan fingerprint density at radius 3 is 2.32 bits per heavy atom. The summed E-state index contributed by atoms with van der Waals surface area (Å²) in [6.45, 7) is 2.00. The Balaban J connectivity index is 0.000000745. The van der Waals surface area contributed by atoms with E-state index in [1.165, 1.54) is 7.11 Å². The molecule has 0 unspecified atom stereocenters. The Kier molecular flexibility index (Phi) is 6.44. The lowest BCUT2D eigenvalue weighted by Gasteiger charge is -2.10. The third-order valence-electron chi connectivity index (χ3n) is 2.76. The van der Waals surface area contributed by atoms with Crippen LogP contribution in [0.1, 0.15) is 15.9 Å². The van der Waals surface area contributed by atoms with Gasteiger partial charge in [-0.25, -0.2) is 9.78 Å². The SMILES string of the molecule is COC(=O)c1cc(Br)nc(-c2ccc(C)cc2)c1N.O=C=O. The average Bonchev–Trinajstić information content (AvgIpc) is 2.50. The summed E-state index contributed by atoms with van der Waals surface area (Å²) in [6, 6.07) is 9.33. The number of anilines is 1. The van der Waals surface area contributed by atoms with E-state index < -0.39 is 5.97 Å². The molecule has 1 heterocycles. The topological polar surface area (TPSA) is 99.3 Å². The van der Waals surface area contributed by atoms with Crippen molar-refractivity contribution in [3.05, 3.63) is 46.1 Å². The molecule has 22 heavy (non-hydrogen) atoms. The molecule has 7 heteroatoms. The zero-order chi connectivity index (χ0) is 16.7. The van der Waals surface area contributed by atoms with Gasteiger partial charge in [0.1, 0.15) is 4.60 Å². The summed E-state index contributed by atoms with van der Waals surface area (Å²) in [6.07, 6.45) is 0.250. The van der Waals surface area contributed by atoms with Crippen molar-refractivity contribution in [1.29, 1.82) is 0 Å². The number of carbonyl (C=O) groups is 1. The Morgan fingerprint density at radius 2 is 1.82 bits per heavy atom. The first-order valence-corrected chi connectivity index (χ1v) is 6.84. The van der Waals surface area contributed by atoms with E-state index in [9.17, 15) is 4.79 Å². The van der Waals surface area contributed by atoms with Crippen LogP contribution < -0.4 is 5.73 Å². The highest BCUT2D eigenvalue weighted by Crippen LogP contribution is 2.29. The van der Waals surface area contributed by atoms with Gasteiger partial charge in [-0.1, -0.05) is 29.8 Å². The second-order valence-corrected chi connectivity index (χ2v) is 5.01. The van der Waals surface area contributed by atoms with Gasteiger partial charge in [-0.05, 0) is 28.9 Å². The molecule has 6 nitrogen and oxygen atoms in total. The van der Waals surface area contributed by atoms with Gasteiger partial charge in [0.25, 0.3) is 0 Å². The number of hydrogen-bond acceptors (Lipinski definition) is 6. The molecule has 2 N–H and O–H groups in total. The highest BCUT2D eigenvalue weighted by molar-refractivity contribution is 9.10. The molecular weight excluding hydrogens is 352 g/mol. The van der Waals surface area contributed by atoms with Gasteiger partial charge in [0.15, 0.2) is 0 Å². The number of esters is 1. The molecule has 114 valence electrons. The molecule has 1 aromatic carbocycles. The van der Waals surface area contributed by atoms with Gasteiger partial charge in [0, 0.05) is 5.56 Å². The lowest BCUT2D eigenvalue weighted by atomic mass is 10.1. The van der Waals surface area contributed by atoms with Crippen LogP contribution in [0.5, 0.6) is 0 Å². The van der Waals surface area contributed by atoms with Crippen molar-refractivity contribution in [3.8, 4) is 11.3 Å². The van der Waals surface area contributed by atoms with Crippen molar-refractivity contribution in [2.45, 2.75) is 6.92 Å². The summed E-state index contributed by atoms with van der Waals surface area (Å²) in [5.74, 6) is -0.478. The third-order valence-corrected chi connectivity index (χ3v) is 3.16. The Hall–Kier alpha value is -2.50. The lowest BCUT2D eigenvalue weighted by molar-refractivity contribution is -0.191. The molecule has 0 aliphatic carbocycles. The summed E-state index contributed by atoms with van der Waals surface area (Å²) in [5, 5.41) is 0. The summed E-state index contributed by atoms with van der Waals surface area (Å²) in [5.41, 5.74) is 9.20. The van der Waals surface area contributed by atoms with Gasteiger partial charge < -0.3 is 10.5 Å². The normalized spacial score (nSPS) is 9.23. The molecule has 0 spiro atoms. The van der Waals surface area contributed by atoms with Gasteiger partial charge in [-0.3, -0.25) is 0 Å². The van der Waals surface area contributed by atoms with E-state index in [1.54, 1.807) is 6.07 Å². The standard InChI is InChI=1S/C14H13BrN2O2.CO2/c1-8-3-5-9(6-4-8)13-12(16)10(14(18)19-2)7-11(15)17-13;2-1-3/h3-7H,16H2,1-2H3;. The van der Waals surface area contributed by atoms with E-state index in [0.29, 0.717) is 21.5 Å². The number of ether oxygens (including phenoxy) is 1. The zero-order valence-electron chi connectivity index (χ0n) is 11.9. The molecule has 0 aliphatic heterocycles. The summed E-state index contributed by atoms with van der Waals surface area (Å²) in [7, 11) is 1.32. The summed E-state index contributed by atoms with van der Waals surface area (Å²) >= 11 is 3.28. The minimum Gasteiger partial charge on any atom is -0.465 e. The maximum absolute atomic E-state index is 11.7. The Bertz CT molecular complexity index is 708. The molecule has 2 rings (SSSR count). The van der Waals surface area contributed by atoms with Crippen molar-refractivity contribution >= 4 is 33.7 Å². The van der Waals surface area contributed by atoms with E-state index in [2.05, 4.69) is 20.9 Å². The van der Waals surface area contributed by atoms with E-state index in [0.717, 1.165) is 11.1 Å². The predicted octanol–water partition coefficient (Wildman–Crippen LogP) is 2.60. The highest BCUT2D eigenvalue weighted by Gasteiger charge is 2.16. The van der Waals surface area contributed by atoms with Crippen molar-refractivity contribution < 1.29 is 19.1 Å². The number of nitrogens with zero attached hydrogens (tertiary/aromatic N) is 1. The van der Waals surface area contributed by atoms with Gasteiger partial charge >= 0.3 is 12.1 Å². The fourth-order valence-corrected chi connectivity index (χ4v) is 2.14. The van der Waals surface area contributed by atoms with Crippen molar-refractivity contribution in [2.24, 2.45) is 0 Å². The number of halogens is 1. The molecule has 0 radical (unpaired) electrons. The number of rotatable bonds is 2. The fraction of sp³-hybridized carbons (Fsp3) is 0.133. The summed E-state index contributed by atoms with van der Waals surface area (Å²) < 4.78 is 5.25. The Labute approximate surface area is 135 Å². The minimum atomic E-state index is -0.478. The lowest BCUT2D eigenvalue weighted by Crippen LogP contribution is -2.08. The average molecular weight is 365 g/mol. The van der Waals surface area contributed by atoms with Gasteiger partial charge in [0.05, 0.1) is 24.1 Å². The number of nitrogen functional groups attached to an aromatic ring is 1. The zero-order valence-corrected chi connectivity index (χ0v) is 13.5. The largest absolute Gasteiger partial charge is 0.465 e. The van der Waals surface area contributed by atoms with Crippen LogP contribution in [0.25, 0.3) is 11.3 Å². The highest BCUT2D eigenvalue weighted by atomic mass is 79.9. The molecule has 2 aromatic rings. The fourth-order valence-electron chi connectivity index (χ4n) is 1.73. The maximum atomic E-state index is 11.7. The van der Waals surface area contributed by atoms with E-state index in [4.69, 9.17) is 20.1 Å². The smallest absolute Gasteiger partial charge is 0.373 e. The van der Waals surface area contributed by atoms with Crippen molar-refractivity contribution in [2.75, 3.05) is 12.8 Å². The number of carbonyl (C=O) groups excluding carboxylic acids is 3. The third kappa shape index (κ3) is 4.25. The second kappa shape index (κ2) is 8.07. The summed E-state index contributed by atoms with van der Waals surface area (Å²) in [4.78, 5) is 32.3. The molecule has 1 aromatic heterocycles. The number of methoxy groups -OCH3 is 1. The molecule has 0 atom stereocenters. The predicted molar refractivity (Wildman–Crippen MR) is 82.9 cm³/mol. The number of pyridine rings is 1. The number of hydrogen-bond donors (Lipinski definition) is 1. The molecule has 0 saturated heterocycles. The first-order chi connectivity index (χ1) is 10.4. The van der Waals surface area contributed by atoms with Crippen LogP contribution in [-0.2, 0) is 14.3 Å². The van der Waals surface area contributed by atoms with E-state index in [1.807, 2.05) is 31.2 Å². The minimum absolute atomic E-state index is 0.250. The van der Waals surface area contributed by atoms with Crippen LogP contribution >= 0.6 is 15.9 Å². The number of aryl methyl sites for hydroxylation is 1. The van der Waals surface area contributed by atoms with Crippen LogP contribution in [0.2, 0.25) is 0 Å². The number of aromatic nitrogens is 1. The van der Waals surface area contributed by atoms with Crippen molar-refractivity contribution in [3.63, 3.8) is 0 Å². The van der Waals surface area contributed by atoms with E-state index >= 15 is 0 Å². The molecular formula is C15H13BrN2O4.